The number of nitrogens with two attached hydrogens (primary N) is 5. The van der Waals surface area contributed by atoms with E-state index in [1.807, 2.05) is 60.7 Å². The summed E-state index contributed by atoms with van der Waals surface area (Å²) in [5.41, 5.74) is 29.4. The molecule has 7 atom stereocenters. The van der Waals surface area contributed by atoms with E-state index in [1.165, 1.54) is 26.5 Å². The van der Waals surface area contributed by atoms with Gasteiger partial charge >= 0.3 is 0 Å². The van der Waals surface area contributed by atoms with Crippen LogP contribution in [0.2, 0.25) is 0 Å². The van der Waals surface area contributed by atoms with Crippen molar-refractivity contribution in [3.05, 3.63) is 108 Å². The van der Waals surface area contributed by atoms with Gasteiger partial charge in [-0.15, -0.1) is 0 Å². The smallest absolute Gasteiger partial charge is 0.246 e. The van der Waals surface area contributed by atoms with Crippen LogP contribution in [0.4, 0.5) is 0 Å². The lowest BCUT2D eigenvalue weighted by Crippen LogP contribution is -2.61. The van der Waals surface area contributed by atoms with Crippen molar-refractivity contribution in [2.45, 2.75) is 143 Å². The van der Waals surface area contributed by atoms with Crippen molar-refractivity contribution >= 4 is 92.5 Å². The highest BCUT2D eigenvalue weighted by Crippen LogP contribution is 2.48. The number of hydrogen-bond donors (Lipinski definition) is 12. The molecule has 0 unspecified atom stereocenters. The highest BCUT2D eigenvalue weighted by atomic mass is 33.1. The van der Waals surface area contributed by atoms with Gasteiger partial charge in [-0.25, -0.2) is 0 Å². The summed E-state index contributed by atoms with van der Waals surface area (Å²) in [4.78, 5) is 159. The summed E-state index contributed by atoms with van der Waals surface area (Å²) in [7, 11) is 2.53. The van der Waals surface area contributed by atoms with Gasteiger partial charge in [0.05, 0.1) is 13.0 Å². The van der Waals surface area contributed by atoms with Crippen LogP contribution in [0.25, 0.3) is 0 Å². The number of benzene rings is 3. The standard InChI is InChI=1S/C57H76N14O11S2/c58-43(72)24-23-38-50(77)67-40(30-44(59)73)52(79)69-41(55(82)71-28-14-22-42(71)53(80)66-37(21-13-27-63-56(61)62)49(76)64-32-45(60)74)33-83-84-57(25-11-4-12-26-57)31-46(75)70-48(47(35-17-7-2-8-18-35)36-19-9-3-10-20-36)54(81)68-39(51(78)65-38)29-34-15-5-1-6-16-34/h1-3,5-10,15-20,37-42,47-48H,4,11-14,21-33H2,(H2,58,72)(H2,59,73)(H2,60,74)(H,64,76)(H,65,78)(H,66,80)(H,67,77)(H,68,81)(H,69,79)(H,70,75)(H4,61,62,63)/t37-,38-,39-,40-,41-,42-,48+/m0/s1. The Morgan fingerprint density at radius 2 is 1.27 bits per heavy atom. The Morgan fingerprint density at radius 3 is 1.88 bits per heavy atom. The lowest BCUT2D eigenvalue weighted by Gasteiger charge is -2.37. The third-order valence-electron chi connectivity index (χ3n) is 14.7. The van der Waals surface area contributed by atoms with Crippen LogP contribution < -0.4 is 65.9 Å². The highest BCUT2D eigenvalue weighted by Gasteiger charge is 2.43. The van der Waals surface area contributed by atoms with Crippen molar-refractivity contribution in [2.24, 2.45) is 33.7 Å². The maximum Gasteiger partial charge on any atom is 0.246 e. The van der Waals surface area contributed by atoms with Crippen LogP contribution in [0, 0.1) is 0 Å². The molecule has 2 aliphatic heterocycles. The molecule has 1 spiro atoms. The zero-order chi connectivity index (χ0) is 60.8. The number of likely N-dealkylation sites (tertiary alicyclic amines) is 1. The van der Waals surface area contributed by atoms with Crippen LogP contribution in [-0.4, -0.2) is 148 Å². The molecule has 27 heteroatoms. The van der Waals surface area contributed by atoms with Crippen LogP contribution in [0.3, 0.4) is 0 Å². The monoisotopic (exact) mass is 1200 g/mol. The summed E-state index contributed by atoms with van der Waals surface area (Å²) in [6.45, 7) is -0.388. The van der Waals surface area contributed by atoms with Gasteiger partial charge in [0, 0.05) is 48.8 Å². The fourth-order valence-corrected chi connectivity index (χ4v) is 13.9. The van der Waals surface area contributed by atoms with E-state index >= 15 is 9.59 Å². The van der Waals surface area contributed by atoms with Gasteiger partial charge in [-0.2, -0.15) is 0 Å². The number of aliphatic imine (C=N–C) groups is 1. The van der Waals surface area contributed by atoms with Crippen LogP contribution in [0.15, 0.2) is 96.0 Å². The van der Waals surface area contributed by atoms with Crippen molar-refractivity contribution in [1.29, 1.82) is 0 Å². The summed E-state index contributed by atoms with van der Waals surface area (Å²) < 4.78 is -0.777. The first-order chi connectivity index (χ1) is 40.2. The summed E-state index contributed by atoms with van der Waals surface area (Å²) in [6, 6.07) is 16.9. The van der Waals surface area contributed by atoms with Crippen molar-refractivity contribution < 1.29 is 52.7 Å². The van der Waals surface area contributed by atoms with Gasteiger partial charge in [-0.3, -0.25) is 57.7 Å². The van der Waals surface area contributed by atoms with Gasteiger partial charge in [0.1, 0.15) is 42.3 Å². The second kappa shape index (κ2) is 32.0. The Balaban J connectivity index is 1.41. The SMILES string of the molecule is NC(=O)CC[C@@H]1NC(=O)[C@H](Cc2ccccc2)NC(=O)[C@@H](C(c2ccccc2)c2ccccc2)NC(=O)CC2(CCCCC2)SSC[C@@H](C(=O)N2CCC[C@H]2C(=O)N[C@@H](CCCN=C(N)N)C(=O)NCC(N)=O)NC(=O)[C@H](CC(N)=O)NC1=O. The molecule has 3 fully saturated rings. The summed E-state index contributed by atoms with van der Waals surface area (Å²) >= 11 is 0. The van der Waals surface area contributed by atoms with Crippen LogP contribution in [0.5, 0.6) is 0 Å². The number of carbonyl (C=O) groups is 11. The minimum Gasteiger partial charge on any atom is -0.370 e. The molecule has 0 bridgehead atoms. The fraction of sp³-hybridized carbons (Fsp3) is 0.474. The Labute approximate surface area is 494 Å². The largest absolute Gasteiger partial charge is 0.370 e. The molecule has 11 amide bonds. The fourth-order valence-electron chi connectivity index (χ4n) is 10.5. The Bertz CT molecular complexity index is 2800. The molecular weight excluding hydrogens is 1120 g/mol. The number of nitrogens with zero attached hydrogens (tertiary/aromatic N) is 2. The first kappa shape index (κ1) is 65.0. The van der Waals surface area contributed by atoms with Crippen molar-refractivity contribution in [1.82, 2.24) is 42.1 Å². The third-order valence-corrected chi connectivity index (χ3v) is 18.0. The third kappa shape index (κ3) is 19.7. The van der Waals surface area contributed by atoms with E-state index < -0.39 is 144 Å². The van der Waals surface area contributed by atoms with E-state index in [9.17, 15) is 43.2 Å². The van der Waals surface area contributed by atoms with E-state index in [4.69, 9.17) is 28.7 Å². The topological polar surface area (TPSA) is 418 Å². The van der Waals surface area contributed by atoms with Crippen molar-refractivity contribution in [3.63, 3.8) is 0 Å². The minimum absolute atomic E-state index is 0.0168. The van der Waals surface area contributed by atoms with Crippen molar-refractivity contribution in [2.75, 3.05) is 25.4 Å². The second-order valence-corrected chi connectivity index (χ2v) is 23.9. The van der Waals surface area contributed by atoms with Crippen LogP contribution in [-0.2, 0) is 59.2 Å². The normalized spacial score (nSPS) is 22.2. The summed E-state index contributed by atoms with van der Waals surface area (Å²) in [5, 5.41) is 18.9. The Morgan fingerprint density at radius 1 is 0.679 bits per heavy atom. The molecule has 3 aliphatic rings. The van der Waals surface area contributed by atoms with Gasteiger partial charge in [-0.05, 0) is 61.6 Å². The molecule has 6 rings (SSSR count). The predicted octanol–water partition coefficient (Wildman–Crippen LogP) is -0.755. The Kier molecular flexibility index (Phi) is 24.8. The molecule has 1 saturated carbocycles. The maximum atomic E-state index is 15.3. The molecular formula is C57H76N14O11S2. The minimum atomic E-state index is -1.78. The molecule has 2 saturated heterocycles. The zero-order valence-corrected chi connectivity index (χ0v) is 48.2. The number of primary amides is 3. The molecule has 3 aromatic carbocycles. The summed E-state index contributed by atoms with van der Waals surface area (Å²) in [5.74, 6) is -10.3. The van der Waals surface area contributed by atoms with Gasteiger partial charge in [0.25, 0.3) is 0 Å². The number of amides is 11. The van der Waals surface area contributed by atoms with E-state index in [0.717, 1.165) is 19.3 Å². The van der Waals surface area contributed by atoms with Crippen LogP contribution in [0.1, 0.15) is 106 Å². The molecule has 0 radical (unpaired) electrons. The van der Waals surface area contributed by atoms with Crippen molar-refractivity contribution in [3.8, 4) is 0 Å². The molecule has 25 nitrogen and oxygen atoms in total. The Hall–Kier alpha value is -8.20. The van der Waals surface area contributed by atoms with E-state index in [0.29, 0.717) is 36.0 Å². The van der Waals surface area contributed by atoms with Gasteiger partial charge < -0.3 is 70.8 Å². The van der Waals surface area contributed by atoms with E-state index in [2.05, 4.69) is 42.2 Å². The average Bonchev–Trinajstić information content (AvgIpc) is 4.11. The highest BCUT2D eigenvalue weighted by molar-refractivity contribution is 8.77. The molecule has 452 valence electrons. The van der Waals surface area contributed by atoms with E-state index in [-0.39, 0.29) is 56.9 Å². The molecule has 84 heavy (non-hydrogen) atoms. The summed E-state index contributed by atoms with van der Waals surface area (Å²) in [6.07, 6.45) is 2.31. The number of rotatable bonds is 20. The maximum absolute atomic E-state index is 15.3. The number of hydrogen-bond acceptors (Lipinski definition) is 14. The predicted molar refractivity (Wildman–Crippen MR) is 316 cm³/mol. The van der Waals surface area contributed by atoms with Crippen LogP contribution >= 0.6 is 21.6 Å². The number of carbonyl (C=O) groups excluding carboxylic acids is 11. The van der Waals surface area contributed by atoms with E-state index in [1.54, 1.807) is 30.3 Å². The van der Waals surface area contributed by atoms with Gasteiger partial charge in [0.2, 0.25) is 65.0 Å². The molecule has 17 N–H and O–H groups in total. The lowest BCUT2D eigenvalue weighted by molar-refractivity contribution is -0.142. The average molecular weight is 1200 g/mol. The van der Waals surface area contributed by atoms with Gasteiger partial charge in [0.15, 0.2) is 5.96 Å². The first-order valence-corrected chi connectivity index (χ1v) is 30.3. The van der Waals surface area contributed by atoms with Gasteiger partial charge in [-0.1, -0.05) is 132 Å². The molecule has 2 heterocycles. The zero-order valence-electron chi connectivity index (χ0n) is 46.6. The number of guanidine groups is 1. The quantitative estimate of drug-likeness (QED) is 0.0287. The molecule has 0 aromatic heterocycles. The molecule has 3 aromatic rings. The second-order valence-electron chi connectivity index (χ2n) is 21.1. The lowest BCUT2D eigenvalue weighted by atomic mass is 9.83. The first-order valence-electron chi connectivity index (χ1n) is 28.0. The number of nitrogens with one attached hydrogen (secondary N) is 7. The molecule has 1 aliphatic carbocycles.